The van der Waals surface area contributed by atoms with Crippen LogP contribution in [0.2, 0.25) is 0 Å². The Morgan fingerprint density at radius 3 is 2.77 bits per heavy atom. The number of imidazole rings is 1. The molecule has 11 heteroatoms. The predicted molar refractivity (Wildman–Crippen MR) is 71.5 cm³/mol. The first-order valence-corrected chi connectivity index (χ1v) is 6.39. The summed E-state index contributed by atoms with van der Waals surface area (Å²) in [4.78, 5) is 22.9. The van der Waals surface area contributed by atoms with Crippen LogP contribution in [0, 0.1) is 0 Å². The lowest BCUT2D eigenvalue weighted by Crippen LogP contribution is -2.33. The van der Waals surface area contributed by atoms with Crippen LogP contribution in [0.3, 0.4) is 0 Å². The van der Waals surface area contributed by atoms with Crippen molar-refractivity contribution in [1.82, 2.24) is 19.5 Å². The monoisotopic (exact) mass is 310 g/mol. The third kappa shape index (κ3) is 2.25. The molecule has 3 rings (SSSR count). The van der Waals surface area contributed by atoms with Gasteiger partial charge in [0.25, 0.3) is 0 Å². The maximum Gasteiger partial charge on any atom is 0.317 e. The minimum absolute atomic E-state index is 0.114. The maximum atomic E-state index is 10.9. The molecule has 0 saturated carbocycles. The van der Waals surface area contributed by atoms with E-state index >= 15 is 0 Å². The summed E-state index contributed by atoms with van der Waals surface area (Å²) in [5, 5.41) is 31.3. The molecule has 6 N–H and O–H groups in total. The quantitative estimate of drug-likeness (QED) is 0.430. The number of aliphatic hydroxyl groups is 3. The Hall–Kier alpha value is -2.34. The lowest BCUT2D eigenvalue weighted by atomic mass is 10.1. The van der Waals surface area contributed by atoms with Crippen LogP contribution in [0.25, 0.3) is 11.2 Å². The maximum absolute atomic E-state index is 10.9. The average molecular weight is 310 g/mol. The van der Waals surface area contributed by atoms with E-state index in [1.807, 2.05) is 0 Å². The Morgan fingerprint density at radius 2 is 2.14 bits per heavy atom. The van der Waals surface area contributed by atoms with E-state index in [0.717, 1.165) is 0 Å². The summed E-state index contributed by atoms with van der Waals surface area (Å²) in [5.74, 6) is 0.114. The highest BCUT2D eigenvalue weighted by Crippen LogP contribution is 2.31. The summed E-state index contributed by atoms with van der Waals surface area (Å²) in [6.07, 6.45) is -1.88. The van der Waals surface area contributed by atoms with E-state index in [1.54, 1.807) is 0 Å². The fraction of sp³-hybridized carbons (Fsp3) is 0.455. The van der Waals surface area contributed by atoms with Crippen LogP contribution in [0.15, 0.2) is 12.7 Å². The summed E-state index contributed by atoms with van der Waals surface area (Å²) >= 11 is 0. The third-order valence-electron chi connectivity index (χ3n) is 3.39. The van der Waals surface area contributed by atoms with E-state index < -0.39 is 37.2 Å². The molecular formula is C11H14N6O5. The number of hydrogen-bond acceptors (Lipinski definition) is 8. The van der Waals surface area contributed by atoms with Gasteiger partial charge in [0.05, 0.1) is 12.9 Å². The lowest BCUT2D eigenvalue weighted by molar-refractivity contribution is -0.0511. The van der Waals surface area contributed by atoms with Gasteiger partial charge < -0.3 is 25.8 Å². The van der Waals surface area contributed by atoms with E-state index in [0.29, 0.717) is 0 Å². The van der Waals surface area contributed by atoms with Crippen molar-refractivity contribution >= 4 is 23.0 Å². The van der Waals surface area contributed by atoms with E-state index in [-0.39, 0.29) is 17.0 Å². The third-order valence-corrected chi connectivity index (χ3v) is 3.39. The van der Waals surface area contributed by atoms with Gasteiger partial charge in [-0.2, -0.15) is 0 Å². The van der Waals surface area contributed by atoms with Crippen molar-refractivity contribution in [3.8, 4) is 0 Å². The second-order valence-corrected chi connectivity index (χ2v) is 4.76. The summed E-state index contributed by atoms with van der Waals surface area (Å²) < 4.78 is 6.79. The lowest BCUT2D eigenvalue weighted by Gasteiger charge is -2.16. The fourth-order valence-corrected chi connectivity index (χ4v) is 2.36. The molecule has 0 bridgehead atoms. The normalized spacial score (nSPS) is 28.1. The summed E-state index contributed by atoms with van der Waals surface area (Å²) in [6, 6.07) is -0.803. The first-order chi connectivity index (χ1) is 10.5. The minimum Gasteiger partial charge on any atom is -0.394 e. The topological polar surface area (TPSA) is 169 Å². The number of fused-ring (bicyclic) bond motifs is 1. The molecule has 11 nitrogen and oxygen atoms in total. The largest absolute Gasteiger partial charge is 0.394 e. The van der Waals surface area contributed by atoms with Gasteiger partial charge in [0.1, 0.15) is 24.6 Å². The number of anilines is 1. The molecule has 118 valence electrons. The molecule has 1 fully saturated rings. The molecular weight excluding hydrogens is 296 g/mol. The molecule has 2 amide bonds. The van der Waals surface area contributed by atoms with Crippen molar-refractivity contribution in [1.29, 1.82) is 0 Å². The first kappa shape index (κ1) is 14.6. The molecule has 4 atom stereocenters. The van der Waals surface area contributed by atoms with Crippen molar-refractivity contribution < 1.29 is 24.9 Å². The van der Waals surface area contributed by atoms with Gasteiger partial charge in [-0.3, -0.25) is 9.88 Å². The van der Waals surface area contributed by atoms with Gasteiger partial charge in [-0.25, -0.2) is 19.7 Å². The van der Waals surface area contributed by atoms with E-state index in [1.165, 1.54) is 17.2 Å². The van der Waals surface area contributed by atoms with Crippen LogP contribution < -0.4 is 11.1 Å². The number of amides is 2. The van der Waals surface area contributed by atoms with Crippen LogP contribution in [0.5, 0.6) is 0 Å². The van der Waals surface area contributed by atoms with Crippen molar-refractivity contribution in [3.05, 3.63) is 12.7 Å². The van der Waals surface area contributed by atoms with Gasteiger partial charge in [-0.15, -0.1) is 0 Å². The number of primary amides is 1. The molecule has 0 spiro atoms. The van der Waals surface area contributed by atoms with Gasteiger partial charge in [0, 0.05) is 0 Å². The molecule has 2 aromatic heterocycles. The number of aliphatic hydroxyl groups excluding tert-OH is 3. The molecule has 4 unspecified atom stereocenters. The highest BCUT2D eigenvalue weighted by atomic mass is 16.6. The average Bonchev–Trinajstić information content (AvgIpc) is 3.02. The Kier molecular flexibility index (Phi) is 3.62. The SMILES string of the molecule is NC(=O)Nc1ncnc2c1ncn2C1OC(CO)C(O)C1O. The van der Waals surface area contributed by atoms with Gasteiger partial charge in [-0.1, -0.05) is 0 Å². The number of carbonyl (C=O) groups excluding carboxylic acids is 1. The fourth-order valence-electron chi connectivity index (χ4n) is 2.36. The number of rotatable bonds is 3. The van der Waals surface area contributed by atoms with Crippen molar-refractivity contribution in [2.45, 2.75) is 24.5 Å². The first-order valence-electron chi connectivity index (χ1n) is 6.39. The van der Waals surface area contributed by atoms with Crippen LogP contribution >= 0.6 is 0 Å². The summed E-state index contributed by atoms with van der Waals surface area (Å²) in [7, 11) is 0. The Morgan fingerprint density at radius 1 is 1.36 bits per heavy atom. The van der Waals surface area contributed by atoms with Gasteiger partial charge >= 0.3 is 6.03 Å². The molecule has 1 aliphatic rings. The van der Waals surface area contributed by atoms with E-state index in [2.05, 4.69) is 20.3 Å². The second kappa shape index (κ2) is 5.46. The van der Waals surface area contributed by atoms with Crippen LogP contribution in [0.1, 0.15) is 6.23 Å². The van der Waals surface area contributed by atoms with Crippen molar-refractivity contribution in [2.24, 2.45) is 5.73 Å². The standard InChI is InChI=1S/C11H14N6O5/c12-11(21)16-8-5-9(14-2-13-8)17(3-15-5)10-7(20)6(19)4(1-18)22-10/h2-4,6-7,10,18-20H,1H2,(H3,12,13,14,16,21). The number of ether oxygens (including phenoxy) is 1. The van der Waals surface area contributed by atoms with Gasteiger partial charge in [0.2, 0.25) is 0 Å². The molecule has 0 aromatic carbocycles. The zero-order valence-electron chi connectivity index (χ0n) is 11.2. The van der Waals surface area contributed by atoms with Gasteiger partial charge in [0.15, 0.2) is 23.2 Å². The number of urea groups is 1. The Balaban J connectivity index is 2.01. The van der Waals surface area contributed by atoms with E-state index in [4.69, 9.17) is 15.6 Å². The number of aromatic nitrogens is 4. The Bertz CT molecular complexity index is 705. The molecule has 1 saturated heterocycles. The summed E-state index contributed by atoms with van der Waals surface area (Å²) in [5.41, 5.74) is 5.57. The van der Waals surface area contributed by atoms with Gasteiger partial charge in [-0.05, 0) is 0 Å². The zero-order valence-corrected chi connectivity index (χ0v) is 11.2. The van der Waals surface area contributed by atoms with Crippen molar-refractivity contribution in [3.63, 3.8) is 0 Å². The smallest absolute Gasteiger partial charge is 0.317 e. The number of nitrogens with zero attached hydrogens (tertiary/aromatic N) is 4. The highest BCUT2D eigenvalue weighted by molar-refractivity contribution is 5.94. The van der Waals surface area contributed by atoms with Crippen LogP contribution in [-0.2, 0) is 4.74 Å². The number of carbonyl (C=O) groups is 1. The zero-order chi connectivity index (χ0) is 15.9. The number of hydrogen-bond donors (Lipinski definition) is 5. The van der Waals surface area contributed by atoms with Crippen molar-refractivity contribution in [2.75, 3.05) is 11.9 Å². The van der Waals surface area contributed by atoms with E-state index in [9.17, 15) is 15.0 Å². The molecule has 0 aliphatic carbocycles. The molecule has 3 heterocycles. The molecule has 2 aromatic rings. The molecule has 22 heavy (non-hydrogen) atoms. The summed E-state index contributed by atoms with van der Waals surface area (Å²) in [6.45, 7) is -0.440. The minimum atomic E-state index is -1.27. The number of nitrogens with one attached hydrogen (secondary N) is 1. The predicted octanol–water partition coefficient (Wildman–Crippen LogP) is -2.07. The second-order valence-electron chi connectivity index (χ2n) is 4.76. The van der Waals surface area contributed by atoms with Crippen LogP contribution in [-0.4, -0.2) is 65.8 Å². The number of nitrogens with two attached hydrogens (primary N) is 1. The highest BCUT2D eigenvalue weighted by Gasteiger charge is 2.44. The molecule has 1 aliphatic heterocycles. The molecule has 0 radical (unpaired) electrons. The Labute approximate surface area is 123 Å². The van der Waals surface area contributed by atoms with Crippen LogP contribution in [0.4, 0.5) is 10.6 Å².